The molecule has 4 heterocycles. The summed E-state index contributed by atoms with van der Waals surface area (Å²) in [6, 6.07) is 20.9. The minimum atomic E-state index is -0.327. The Kier molecular flexibility index (Phi) is 8.39. The fourth-order valence-corrected chi connectivity index (χ4v) is 7.06. The topological polar surface area (TPSA) is 48.6 Å². The van der Waals surface area contributed by atoms with Crippen molar-refractivity contribution < 1.29 is 30.5 Å². The van der Waals surface area contributed by atoms with Crippen molar-refractivity contribution in [2.45, 2.75) is 119 Å². The average Bonchev–Trinajstić information content (AvgIpc) is 3.55. The molecule has 1 atom stereocenters. The predicted molar refractivity (Wildman–Crippen MR) is 202 cm³/mol. The van der Waals surface area contributed by atoms with E-state index >= 15 is 0 Å². The normalized spacial score (nSPS) is 18.5. The smallest absolute Gasteiger partial charge is 0.518 e. The molecule has 50 heavy (non-hydrogen) atoms. The van der Waals surface area contributed by atoms with Gasteiger partial charge in [0.15, 0.2) is 0 Å². The van der Waals surface area contributed by atoms with Crippen LogP contribution in [0.25, 0.3) is 27.6 Å². The SMILES string of the molecule is Cc1cnc2c(c1)c1cc(C(C)(C)C)cc3c1n2-c1[c-]c(Oc2[c-]c(C4=N[C@](C)(C(C)(C)C)CO4)cc(C(C)(C)C)c2)c(C)cc1C3(C)C.[Pt+2]. The summed E-state index contributed by atoms with van der Waals surface area (Å²) in [6.45, 7) is 31.7. The van der Waals surface area contributed by atoms with E-state index in [0.29, 0.717) is 24.0 Å². The number of benzene rings is 3. The van der Waals surface area contributed by atoms with E-state index in [1.165, 1.54) is 27.6 Å². The molecular weight excluding hydrogens is 798 g/mol. The minimum absolute atomic E-state index is 0. The van der Waals surface area contributed by atoms with Gasteiger partial charge >= 0.3 is 21.1 Å². The molecule has 2 aliphatic rings. The number of hydrogen-bond acceptors (Lipinski definition) is 4. The molecule has 0 radical (unpaired) electrons. The number of aryl methyl sites for hydroxylation is 2. The summed E-state index contributed by atoms with van der Waals surface area (Å²) >= 11 is 0. The first-order valence-electron chi connectivity index (χ1n) is 17.6. The van der Waals surface area contributed by atoms with E-state index in [2.05, 4.69) is 150 Å². The van der Waals surface area contributed by atoms with Crippen LogP contribution in [0.5, 0.6) is 11.5 Å². The Morgan fingerprint density at radius 3 is 2.08 bits per heavy atom. The van der Waals surface area contributed by atoms with E-state index in [1.807, 2.05) is 6.20 Å². The fraction of sp³-hybridized carbons (Fsp3) is 0.455. The van der Waals surface area contributed by atoms with Crippen LogP contribution in [0, 0.1) is 31.4 Å². The Morgan fingerprint density at radius 2 is 1.46 bits per heavy atom. The third kappa shape index (κ3) is 5.72. The minimum Gasteiger partial charge on any atom is -0.518 e. The molecule has 264 valence electrons. The Balaban J connectivity index is 0.00000432. The summed E-state index contributed by atoms with van der Waals surface area (Å²) in [7, 11) is 0. The summed E-state index contributed by atoms with van der Waals surface area (Å²) in [5, 5.41) is 2.40. The van der Waals surface area contributed by atoms with Crippen LogP contribution in [-0.4, -0.2) is 27.6 Å². The maximum absolute atomic E-state index is 6.80. The Labute approximate surface area is 313 Å². The number of nitrogens with zero attached hydrogens (tertiary/aromatic N) is 3. The summed E-state index contributed by atoms with van der Waals surface area (Å²) in [5.41, 5.74) is 10.3. The first-order valence-corrected chi connectivity index (χ1v) is 17.6. The standard InChI is InChI=1S/C44H51N3O2.Pt/c1-25-15-32-31-20-29(41(6,7)8)21-34-37(31)47(38(32)45-23-25)35-22-36(26(2)16-33(35)43(34,12)13)49-30-18-27(17-28(19-30)40(3,4)5)39-46-44(14,24-48-39)42(9,10)11;/h15-17,19-21,23H,24H2,1-14H3;/q-2;+2/t44-;/m0./s1. The zero-order chi connectivity index (χ0) is 35.6. The van der Waals surface area contributed by atoms with E-state index in [-0.39, 0.29) is 48.3 Å². The van der Waals surface area contributed by atoms with Gasteiger partial charge in [0.25, 0.3) is 0 Å². The van der Waals surface area contributed by atoms with E-state index < -0.39 is 0 Å². The second-order valence-corrected chi connectivity index (χ2v) is 18.3. The Bertz CT molecular complexity index is 2220. The maximum Gasteiger partial charge on any atom is 2.00 e. The first kappa shape index (κ1) is 36.4. The van der Waals surface area contributed by atoms with Crippen LogP contribution in [-0.2, 0) is 42.0 Å². The van der Waals surface area contributed by atoms with Crippen molar-refractivity contribution in [1.29, 1.82) is 0 Å². The quantitative estimate of drug-likeness (QED) is 0.170. The molecule has 0 saturated heterocycles. The number of hydrogen-bond donors (Lipinski definition) is 0. The first-order chi connectivity index (χ1) is 22.6. The Hall–Kier alpha value is -3.43. The molecule has 7 rings (SSSR count). The maximum atomic E-state index is 6.80. The van der Waals surface area contributed by atoms with Crippen LogP contribution in [0.3, 0.4) is 0 Å². The monoisotopic (exact) mass is 848 g/mol. The number of rotatable bonds is 3. The van der Waals surface area contributed by atoms with Gasteiger partial charge < -0.3 is 14.0 Å². The van der Waals surface area contributed by atoms with Gasteiger partial charge in [0.05, 0.1) is 11.1 Å². The van der Waals surface area contributed by atoms with Crippen molar-refractivity contribution >= 4 is 27.8 Å². The third-order valence-corrected chi connectivity index (χ3v) is 11.1. The van der Waals surface area contributed by atoms with Gasteiger partial charge in [-0.25, -0.2) is 4.98 Å². The fourth-order valence-electron chi connectivity index (χ4n) is 7.06. The molecule has 0 amide bonds. The molecule has 0 bridgehead atoms. The van der Waals surface area contributed by atoms with Crippen molar-refractivity contribution in [3.05, 3.63) is 93.7 Å². The van der Waals surface area contributed by atoms with Crippen LogP contribution in [0.2, 0.25) is 0 Å². The molecule has 2 aliphatic heterocycles. The second kappa shape index (κ2) is 11.5. The molecule has 5 aromatic rings. The van der Waals surface area contributed by atoms with Gasteiger partial charge in [0, 0.05) is 28.5 Å². The third-order valence-electron chi connectivity index (χ3n) is 11.1. The molecule has 6 heteroatoms. The van der Waals surface area contributed by atoms with Gasteiger partial charge in [0.2, 0.25) is 0 Å². The number of fused-ring (bicyclic) bond motifs is 5. The second-order valence-electron chi connectivity index (χ2n) is 18.3. The van der Waals surface area contributed by atoms with Gasteiger partial charge in [-0.1, -0.05) is 113 Å². The van der Waals surface area contributed by atoms with Gasteiger partial charge in [-0.3, -0.25) is 4.99 Å². The molecule has 5 nitrogen and oxygen atoms in total. The number of aliphatic imine (C=N–C) groups is 1. The van der Waals surface area contributed by atoms with Crippen LogP contribution in [0.4, 0.5) is 0 Å². The summed E-state index contributed by atoms with van der Waals surface area (Å²) in [4.78, 5) is 10.1. The van der Waals surface area contributed by atoms with E-state index in [4.69, 9.17) is 19.5 Å². The number of pyridine rings is 1. The zero-order valence-corrected chi connectivity index (χ0v) is 34.5. The summed E-state index contributed by atoms with van der Waals surface area (Å²) < 4.78 is 15.4. The predicted octanol–water partition coefficient (Wildman–Crippen LogP) is 11.0. The Morgan fingerprint density at radius 1 is 0.800 bits per heavy atom. The number of ether oxygens (including phenoxy) is 2. The van der Waals surface area contributed by atoms with E-state index in [0.717, 1.165) is 39.0 Å². The molecule has 0 aliphatic carbocycles. The van der Waals surface area contributed by atoms with Gasteiger partial charge in [-0.2, -0.15) is 6.07 Å². The molecule has 2 aromatic heterocycles. The molecule has 0 unspecified atom stereocenters. The van der Waals surface area contributed by atoms with Gasteiger partial charge in [-0.15, -0.1) is 28.8 Å². The van der Waals surface area contributed by atoms with Gasteiger partial charge in [0.1, 0.15) is 18.2 Å². The zero-order valence-electron chi connectivity index (χ0n) is 32.2. The largest absolute Gasteiger partial charge is 2.00 e. The molecule has 0 fully saturated rings. The number of aromatic nitrogens is 2. The van der Waals surface area contributed by atoms with Crippen LogP contribution in [0.1, 0.15) is 122 Å². The molecule has 0 N–H and O–H groups in total. The van der Waals surface area contributed by atoms with E-state index in [1.54, 1.807) is 0 Å². The van der Waals surface area contributed by atoms with Crippen molar-refractivity contribution in [2.75, 3.05) is 6.61 Å². The van der Waals surface area contributed by atoms with Crippen molar-refractivity contribution in [3.63, 3.8) is 0 Å². The van der Waals surface area contributed by atoms with Crippen molar-refractivity contribution in [3.8, 4) is 17.2 Å². The van der Waals surface area contributed by atoms with E-state index in [9.17, 15) is 0 Å². The summed E-state index contributed by atoms with van der Waals surface area (Å²) in [5.74, 6) is 1.92. The average molecular weight is 849 g/mol. The van der Waals surface area contributed by atoms with Crippen molar-refractivity contribution in [1.82, 2.24) is 9.55 Å². The molecule has 0 spiro atoms. The van der Waals surface area contributed by atoms with Crippen LogP contribution >= 0.6 is 0 Å². The van der Waals surface area contributed by atoms with Crippen molar-refractivity contribution in [2.24, 2.45) is 10.4 Å². The van der Waals surface area contributed by atoms with Crippen LogP contribution < -0.4 is 4.74 Å². The summed E-state index contributed by atoms with van der Waals surface area (Å²) in [6.07, 6.45) is 1.97. The molecular formula is C44H51N3O2Pt. The van der Waals surface area contributed by atoms with Gasteiger partial charge in [-0.05, 0) is 64.3 Å². The van der Waals surface area contributed by atoms with Crippen LogP contribution in [0.15, 0.2) is 47.6 Å². The molecule has 0 saturated carbocycles. The molecule has 3 aromatic carbocycles.